The van der Waals surface area contributed by atoms with Crippen LogP contribution in [0.15, 0.2) is 53.0 Å². The van der Waals surface area contributed by atoms with E-state index in [1.807, 2.05) is 42.5 Å². The summed E-state index contributed by atoms with van der Waals surface area (Å²) in [5.74, 6) is 0. The molecule has 2 aromatic carbocycles. The molecule has 96 valence electrons. The molecule has 0 amide bonds. The zero-order valence-electron chi connectivity index (χ0n) is 10.3. The van der Waals surface area contributed by atoms with Gasteiger partial charge < -0.3 is 11.1 Å². The Morgan fingerprint density at radius 2 is 1.95 bits per heavy atom. The largest absolute Gasteiger partial charge is 0.383 e. The molecule has 4 heteroatoms. The maximum absolute atomic E-state index is 8.86. The second-order valence-electron chi connectivity index (χ2n) is 4.20. The van der Waals surface area contributed by atoms with Gasteiger partial charge in [0.05, 0.1) is 5.56 Å². The molecule has 0 aliphatic carbocycles. The average molecular weight is 316 g/mol. The molecule has 0 spiro atoms. The molecule has 0 saturated carbocycles. The zero-order chi connectivity index (χ0) is 13.7. The van der Waals surface area contributed by atoms with Crippen molar-refractivity contribution in [2.45, 2.75) is 6.04 Å². The number of hydrogen-bond donors (Lipinski definition) is 2. The minimum absolute atomic E-state index is 0.0596. The summed E-state index contributed by atoms with van der Waals surface area (Å²) in [7, 11) is 0. The summed E-state index contributed by atoms with van der Waals surface area (Å²) in [6.45, 7) is 0.641. The van der Waals surface area contributed by atoms with E-state index in [9.17, 15) is 0 Å². The van der Waals surface area contributed by atoms with Crippen molar-refractivity contribution in [2.75, 3.05) is 11.9 Å². The van der Waals surface area contributed by atoms with Crippen molar-refractivity contribution >= 4 is 21.6 Å². The second kappa shape index (κ2) is 6.37. The van der Waals surface area contributed by atoms with Gasteiger partial charge in [-0.1, -0.05) is 30.3 Å². The molecule has 0 bridgehead atoms. The van der Waals surface area contributed by atoms with Crippen molar-refractivity contribution in [2.24, 2.45) is 5.73 Å². The maximum Gasteiger partial charge on any atom is 0.100 e. The molecule has 1 unspecified atom stereocenters. The maximum atomic E-state index is 8.86. The first-order chi connectivity index (χ1) is 9.20. The van der Waals surface area contributed by atoms with Crippen LogP contribution in [-0.4, -0.2) is 6.54 Å². The van der Waals surface area contributed by atoms with Crippen LogP contribution in [0.4, 0.5) is 5.69 Å². The molecule has 2 rings (SSSR count). The highest BCUT2D eigenvalue weighted by Crippen LogP contribution is 2.21. The molecular weight excluding hydrogens is 302 g/mol. The molecule has 0 aromatic heterocycles. The topological polar surface area (TPSA) is 61.8 Å². The molecular formula is C15H14BrN3. The average Bonchev–Trinajstić information content (AvgIpc) is 2.46. The number of nitrogens with one attached hydrogen (secondary N) is 1. The van der Waals surface area contributed by atoms with Gasteiger partial charge in [0, 0.05) is 22.7 Å². The van der Waals surface area contributed by atoms with Crippen LogP contribution in [-0.2, 0) is 0 Å². The Balaban J connectivity index is 2.00. The lowest BCUT2D eigenvalue weighted by atomic mass is 10.1. The number of nitriles is 1. The lowest BCUT2D eigenvalue weighted by molar-refractivity contribution is 0.764. The van der Waals surface area contributed by atoms with Gasteiger partial charge in [0.2, 0.25) is 0 Å². The number of rotatable bonds is 4. The first-order valence-corrected chi connectivity index (χ1v) is 6.74. The summed E-state index contributed by atoms with van der Waals surface area (Å²) < 4.78 is 0.785. The van der Waals surface area contributed by atoms with Crippen LogP contribution in [0.2, 0.25) is 0 Å². The third-order valence-electron chi connectivity index (χ3n) is 2.84. The Morgan fingerprint density at radius 1 is 1.21 bits per heavy atom. The van der Waals surface area contributed by atoms with Crippen LogP contribution < -0.4 is 11.1 Å². The lowest BCUT2D eigenvalue weighted by Gasteiger charge is -2.14. The number of hydrogen-bond acceptors (Lipinski definition) is 3. The fourth-order valence-electron chi connectivity index (χ4n) is 1.76. The Labute approximate surface area is 121 Å². The molecule has 2 aromatic rings. The van der Waals surface area contributed by atoms with Crippen molar-refractivity contribution < 1.29 is 0 Å². The molecule has 1 atom stereocenters. The monoisotopic (exact) mass is 315 g/mol. The summed E-state index contributed by atoms with van der Waals surface area (Å²) in [6.07, 6.45) is 0. The number of nitrogens with zero attached hydrogens (tertiary/aromatic N) is 1. The predicted molar refractivity (Wildman–Crippen MR) is 80.7 cm³/mol. The van der Waals surface area contributed by atoms with Gasteiger partial charge in [-0.05, 0) is 39.7 Å². The highest BCUT2D eigenvalue weighted by molar-refractivity contribution is 9.10. The Morgan fingerprint density at radius 3 is 2.58 bits per heavy atom. The van der Waals surface area contributed by atoms with Crippen LogP contribution in [0.25, 0.3) is 0 Å². The van der Waals surface area contributed by atoms with Crippen LogP contribution in [0.1, 0.15) is 17.2 Å². The van der Waals surface area contributed by atoms with E-state index in [2.05, 4.69) is 27.3 Å². The predicted octanol–water partition coefficient (Wildman–Crippen LogP) is 3.43. The van der Waals surface area contributed by atoms with Gasteiger partial charge in [0.15, 0.2) is 0 Å². The lowest BCUT2D eigenvalue weighted by Crippen LogP contribution is -2.20. The van der Waals surface area contributed by atoms with Gasteiger partial charge in [0.25, 0.3) is 0 Å². The first-order valence-electron chi connectivity index (χ1n) is 5.95. The summed E-state index contributed by atoms with van der Waals surface area (Å²) in [4.78, 5) is 0. The van der Waals surface area contributed by atoms with Gasteiger partial charge >= 0.3 is 0 Å². The molecule has 0 saturated heterocycles. The molecule has 0 fully saturated rings. The number of anilines is 1. The van der Waals surface area contributed by atoms with Crippen molar-refractivity contribution in [3.63, 3.8) is 0 Å². The highest BCUT2D eigenvalue weighted by Gasteiger charge is 2.05. The third-order valence-corrected chi connectivity index (χ3v) is 3.50. The smallest absolute Gasteiger partial charge is 0.100 e. The second-order valence-corrected chi connectivity index (χ2v) is 5.06. The van der Waals surface area contributed by atoms with Gasteiger partial charge in [-0.15, -0.1) is 0 Å². The van der Waals surface area contributed by atoms with Gasteiger partial charge in [-0.2, -0.15) is 5.26 Å². The summed E-state index contributed by atoms with van der Waals surface area (Å²) in [5.41, 5.74) is 8.78. The molecule has 3 nitrogen and oxygen atoms in total. The fourth-order valence-corrected chi connectivity index (χ4v) is 2.23. The van der Waals surface area contributed by atoms with Gasteiger partial charge in [-0.25, -0.2) is 0 Å². The van der Waals surface area contributed by atoms with Gasteiger partial charge in [0.1, 0.15) is 6.07 Å². The number of benzene rings is 2. The van der Waals surface area contributed by atoms with Crippen LogP contribution in [0.3, 0.4) is 0 Å². The SMILES string of the molecule is N#Cc1ccc(NCC(N)c2ccccc2)cc1Br. The van der Waals surface area contributed by atoms with E-state index >= 15 is 0 Å². The minimum atomic E-state index is -0.0596. The normalized spacial score (nSPS) is 11.6. The minimum Gasteiger partial charge on any atom is -0.383 e. The third kappa shape index (κ3) is 3.57. The molecule has 3 N–H and O–H groups in total. The Hall–Kier alpha value is -1.83. The molecule has 0 aliphatic heterocycles. The van der Waals surface area contributed by atoms with Crippen molar-refractivity contribution in [3.05, 3.63) is 64.1 Å². The van der Waals surface area contributed by atoms with E-state index in [0.29, 0.717) is 12.1 Å². The van der Waals surface area contributed by atoms with Crippen molar-refractivity contribution in [1.29, 1.82) is 5.26 Å². The van der Waals surface area contributed by atoms with E-state index in [-0.39, 0.29) is 6.04 Å². The molecule has 19 heavy (non-hydrogen) atoms. The molecule has 0 heterocycles. The van der Waals surface area contributed by atoms with E-state index in [0.717, 1.165) is 15.7 Å². The first kappa shape index (κ1) is 13.6. The fraction of sp³-hybridized carbons (Fsp3) is 0.133. The zero-order valence-corrected chi connectivity index (χ0v) is 11.9. The number of nitrogens with two attached hydrogens (primary N) is 1. The number of halogens is 1. The van der Waals surface area contributed by atoms with Crippen LogP contribution in [0, 0.1) is 11.3 Å². The standard InChI is InChI=1S/C15H14BrN3/c16-14-8-13(7-6-12(14)9-17)19-10-15(18)11-4-2-1-3-5-11/h1-8,15,19H,10,18H2. The van der Waals surface area contributed by atoms with Crippen molar-refractivity contribution in [3.8, 4) is 6.07 Å². The van der Waals surface area contributed by atoms with E-state index in [4.69, 9.17) is 11.0 Å². The van der Waals surface area contributed by atoms with Gasteiger partial charge in [-0.3, -0.25) is 0 Å². The Kier molecular flexibility index (Phi) is 4.56. The van der Waals surface area contributed by atoms with Crippen LogP contribution in [0.5, 0.6) is 0 Å². The summed E-state index contributed by atoms with van der Waals surface area (Å²) >= 11 is 3.37. The summed E-state index contributed by atoms with van der Waals surface area (Å²) in [6, 6.07) is 17.6. The van der Waals surface area contributed by atoms with E-state index in [1.54, 1.807) is 6.07 Å². The van der Waals surface area contributed by atoms with Crippen molar-refractivity contribution in [1.82, 2.24) is 0 Å². The van der Waals surface area contributed by atoms with Crippen LogP contribution >= 0.6 is 15.9 Å². The quantitative estimate of drug-likeness (QED) is 0.908. The van der Waals surface area contributed by atoms with E-state index < -0.39 is 0 Å². The Bertz CT molecular complexity index is 590. The highest BCUT2D eigenvalue weighted by atomic mass is 79.9. The summed E-state index contributed by atoms with van der Waals surface area (Å²) in [5, 5.41) is 12.1. The van der Waals surface area contributed by atoms with E-state index in [1.165, 1.54) is 0 Å². The molecule has 0 radical (unpaired) electrons. The molecule has 0 aliphatic rings.